The van der Waals surface area contributed by atoms with E-state index < -0.39 is 0 Å². The molecule has 1 aromatic carbocycles. The lowest BCUT2D eigenvalue weighted by Gasteiger charge is -2.16. The number of nitriles is 1. The van der Waals surface area contributed by atoms with Crippen LogP contribution in [0.5, 0.6) is 0 Å². The molecule has 0 heterocycles. The molecule has 0 radical (unpaired) electrons. The number of hydrogen-bond acceptors (Lipinski definition) is 2. The van der Waals surface area contributed by atoms with Crippen LogP contribution >= 0.6 is 0 Å². The lowest BCUT2D eigenvalue weighted by atomic mass is 10.0. The van der Waals surface area contributed by atoms with Gasteiger partial charge < -0.3 is 5.32 Å². The van der Waals surface area contributed by atoms with E-state index in [1.165, 1.54) is 12.1 Å². The van der Waals surface area contributed by atoms with Crippen LogP contribution in [0.3, 0.4) is 0 Å². The van der Waals surface area contributed by atoms with Crippen molar-refractivity contribution in [3.63, 3.8) is 0 Å². The fourth-order valence-corrected chi connectivity index (χ4v) is 1.76. The van der Waals surface area contributed by atoms with Gasteiger partial charge in [-0.25, -0.2) is 4.39 Å². The molecule has 4 heteroatoms. The van der Waals surface area contributed by atoms with Gasteiger partial charge in [-0.3, -0.25) is 4.79 Å². The Bertz CT molecular complexity index is 443. The summed E-state index contributed by atoms with van der Waals surface area (Å²) >= 11 is 0. The number of rotatable bonds is 3. The monoisotopic (exact) mass is 218 g/mol. The van der Waals surface area contributed by atoms with Gasteiger partial charge in [-0.1, -0.05) is 12.1 Å². The zero-order chi connectivity index (χ0) is 11.6. The lowest BCUT2D eigenvalue weighted by Crippen LogP contribution is -2.34. The third-order valence-electron chi connectivity index (χ3n) is 2.77. The van der Waals surface area contributed by atoms with Crippen molar-refractivity contribution in [1.29, 1.82) is 5.26 Å². The molecule has 0 bridgehead atoms. The molecular formula is C12H11FN2O. The lowest BCUT2D eigenvalue weighted by molar-refractivity contribution is -0.121. The summed E-state index contributed by atoms with van der Waals surface area (Å²) in [5.41, 5.74) is 0.543. The SMILES string of the molecule is N#CCC(=O)NC1(c2ccc(F)cc2)CC1. The molecule has 0 atom stereocenters. The topological polar surface area (TPSA) is 52.9 Å². The smallest absolute Gasteiger partial charge is 0.234 e. The van der Waals surface area contributed by atoms with E-state index >= 15 is 0 Å². The molecule has 0 spiro atoms. The van der Waals surface area contributed by atoms with Crippen LogP contribution in [-0.2, 0) is 10.3 Å². The molecule has 82 valence electrons. The summed E-state index contributed by atoms with van der Waals surface area (Å²) in [7, 11) is 0. The highest BCUT2D eigenvalue weighted by Gasteiger charge is 2.45. The van der Waals surface area contributed by atoms with Gasteiger partial charge in [0.2, 0.25) is 5.91 Å². The van der Waals surface area contributed by atoms with Gasteiger partial charge in [-0.2, -0.15) is 5.26 Å². The number of amides is 1. The predicted molar refractivity (Wildman–Crippen MR) is 55.7 cm³/mol. The summed E-state index contributed by atoms with van der Waals surface area (Å²) in [4.78, 5) is 11.3. The summed E-state index contributed by atoms with van der Waals surface area (Å²) < 4.78 is 12.7. The number of nitrogens with one attached hydrogen (secondary N) is 1. The van der Waals surface area contributed by atoms with Crippen LogP contribution in [0.4, 0.5) is 4.39 Å². The third kappa shape index (κ3) is 2.03. The number of carbonyl (C=O) groups excluding carboxylic acids is 1. The average molecular weight is 218 g/mol. The first-order chi connectivity index (χ1) is 7.66. The van der Waals surface area contributed by atoms with Crippen LogP contribution in [0.15, 0.2) is 24.3 Å². The van der Waals surface area contributed by atoms with E-state index in [0.717, 1.165) is 18.4 Å². The highest BCUT2D eigenvalue weighted by Crippen LogP contribution is 2.45. The first-order valence-electron chi connectivity index (χ1n) is 5.10. The van der Waals surface area contributed by atoms with Gasteiger partial charge in [0.15, 0.2) is 0 Å². The maximum Gasteiger partial charge on any atom is 0.234 e. The second-order valence-corrected chi connectivity index (χ2v) is 3.97. The van der Waals surface area contributed by atoms with Crippen molar-refractivity contribution in [3.8, 4) is 6.07 Å². The van der Waals surface area contributed by atoms with E-state index in [9.17, 15) is 9.18 Å². The normalized spacial score (nSPS) is 16.2. The van der Waals surface area contributed by atoms with Crippen molar-refractivity contribution >= 4 is 5.91 Å². The van der Waals surface area contributed by atoms with Crippen LogP contribution in [0.25, 0.3) is 0 Å². The van der Waals surface area contributed by atoms with Crippen molar-refractivity contribution in [2.75, 3.05) is 0 Å². The Labute approximate surface area is 92.9 Å². The third-order valence-corrected chi connectivity index (χ3v) is 2.77. The molecule has 1 aliphatic carbocycles. The molecular weight excluding hydrogens is 207 g/mol. The first kappa shape index (κ1) is 10.6. The Morgan fingerprint density at radius 3 is 2.56 bits per heavy atom. The fraction of sp³-hybridized carbons (Fsp3) is 0.333. The standard InChI is InChI=1S/C12H11FN2O/c13-10-3-1-9(2-4-10)12(6-7-12)15-11(16)5-8-14/h1-4H,5-7H2,(H,15,16). The number of hydrogen-bond donors (Lipinski definition) is 1. The Kier molecular flexibility index (Phi) is 2.61. The minimum Gasteiger partial charge on any atom is -0.346 e. The highest BCUT2D eigenvalue weighted by atomic mass is 19.1. The summed E-state index contributed by atoms with van der Waals surface area (Å²) in [6.07, 6.45) is 1.55. The Morgan fingerprint density at radius 2 is 2.06 bits per heavy atom. The van der Waals surface area contributed by atoms with Crippen LogP contribution in [0.2, 0.25) is 0 Å². The van der Waals surface area contributed by atoms with E-state index in [-0.39, 0.29) is 23.7 Å². The van der Waals surface area contributed by atoms with Crippen molar-refractivity contribution < 1.29 is 9.18 Å². The quantitative estimate of drug-likeness (QED) is 0.841. The minimum absolute atomic E-state index is 0.136. The molecule has 1 fully saturated rings. The van der Waals surface area contributed by atoms with Crippen LogP contribution < -0.4 is 5.32 Å². The van der Waals surface area contributed by atoms with Gasteiger partial charge >= 0.3 is 0 Å². The Balaban J connectivity index is 2.11. The largest absolute Gasteiger partial charge is 0.346 e. The van der Waals surface area contributed by atoms with Gasteiger partial charge in [-0.05, 0) is 30.5 Å². The van der Waals surface area contributed by atoms with Crippen molar-refractivity contribution in [2.45, 2.75) is 24.8 Å². The molecule has 3 nitrogen and oxygen atoms in total. The van der Waals surface area contributed by atoms with Gasteiger partial charge in [0.25, 0.3) is 0 Å². The van der Waals surface area contributed by atoms with E-state index in [4.69, 9.17) is 5.26 Å². The van der Waals surface area contributed by atoms with Crippen LogP contribution in [0, 0.1) is 17.1 Å². The fourth-order valence-electron chi connectivity index (χ4n) is 1.76. The molecule has 1 N–H and O–H groups in total. The van der Waals surface area contributed by atoms with Crippen molar-refractivity contribution in [1.82, 2.24) is 5.32 Å². The molecule has 16 heavy (non-hydrogen) atoms. The van der Waals surface area contributed by atoms with Gasteiger partial charge in [0, 0.05) is 0 Å². The molecule has 0 aliphatic heterocycles. The summed E-state index contributed by atoms with van der Waals surface area (Å²) in [6.45, 7) is 0. The molecule has 0 aromatic heterocycles. The first-order valence-corrected chi connectivity index (χ1v) is 5.10. The maximum absolute atomic E-state index is 12.7. The van der Waals surface area contributed by atoms with E-state index in [1.54, 1.807) is 18.2 Å². The van der Waals surface area contributed by atoms with Gasteiger partial charge in [-0.15, -0.1) is 0 Å². The molecule has 0 unspecified atom stereocenters. The van der Waals surface area contributed by atoms with Crippen LogP contribution in [0.1, 0.15) is 24.8 Å². The molecule has 0 saturated heterocycles. The van der Waals surface area contributed by atoms with Crippen molar-refractivity contribution in [3.05, 3.63) is 35.6 Å². The zero-order valence-corrected chi connectivity index (χ0v) is 8.66. The van der Waals surface area contributed by atoms with E-state index in [2.05, 4.69) is 5.32 Å². The Morgan fingerprint density at radius 1 is 1.44 bits per heavy atom. The zero-order valence-electron chi connectivity index (χ0n) is 8.66. The van der Waals surface area contributed by atoms with E-state index in [1.807, 2.05) is 0 Å². The van der Waals surface area contributed by atoms with Gasteiger partial charge in [0.1, 0.15) is 12.2 Å². The number of halogens is 1. The maximum atomic E-state index is 12.7. The second kappa shape index (κ2) is 3.93. The Hall–Kier alpha value is -1.89. The second-order valence-electron chi connectivity index (χ2n) is 3.97. The molecule has 1 aromatic rings. The van der Waals surface area contributed by atoms with E-state index in [0.29, 0.717) is 0 Å². The van der Waals surface area contributed by atoms with Crippen molar-refractivity contribution in [2.24, 2.45) is 0 Å². The summed E-state index contributed by atoms with van der Waals surface area (Å²) in [6, 6.07) is 7.92. The molecule has 2 rings (SSSR count). The molecule has 1 aliphatic rings. The predicted octanol–water partition coefficient (Wildman–Crippen LogP) is 1.84. The summed E-state index contributed by atoms with van der Waals surface area (Å²) in [5, 5.41) is 11.2. The average Bonchev–Trinajstić information content (AvgIpc) is 3.00. The van der Waals surface area contributed by atoms with Gasteiger partial charge in [0.05, 0.1) is 11.6 Å². The van der Waals surface area contributed by atoms with Crippen LogP contribution in [-0.4, -0.2) is 5.91 Å². The summed E-state index contributed by atoms with van der Waals surface area (Å²) in [5.74, 6) is -0.563. The number of nitrogens with zero attached hydrogens (tertiary/aromatic N) is 1. The molecule has 1 amide bonds. The number of benzene rings is 1. The minimum atomic E-state index is -0.359. The molecule has 1 saturated carbocycles. The highest BCUT2D eigenvalue weighted by molar-refractivity contribution is 5.79. The number of carbonyl (C=O) groups is 1.